The summed E-state index contributed by atoms with van der Waals surface area (Å²) in [6.45, 7) is 3.97. The van der Waals surface area contributed by atoms with Crippen molar-refractivity contribution in [1.29, 1.82) is 0 Å². The fourth-order valence-corrected chi connectivity index (χ4v) is 2.73. The number of hydrogen-bond donors (Lipinski definition) is 1. The van der Waals surface area contributed by atoms with E-state index in [1.807, 2.05) is 25.2 Å². The molecule has 0 unspecified atom stereocenters. The molecule has 0 radical (unpaired) electrons. The molecule has 0 fully saturated rings. The Hall–Kier alpha value is -1.04. The molecule has 0 aliphatic heterocycles. The molecule has 0 spiro atoms. The molecule has 1 N–H and O–H groups in total. The minimum absolute atomic E-state index is 0.760. The first-order valence-electron chi connectivity index (χ1n) is 6.21. The minimum Gasteiger partial charge on any atom is -0.313 e. The maximum Gasteiger partial charge on any atom is 0.190 e. The molecule has 102 valence electrons. The summed E-state index contributed by atoms with van der Waals surface area (Å²) < 4.78 is 1.77. The number of nitrogens with one attached hydrogen (secondary N) is 1. The van der Waals surface area contributed by atoms with E-state index < -0.39 is 0 Å². The first-order valence-corrected chi connectivity index (χ1v) is 7.41. The average molecular weight is 297 g/mol. The van der Waals surface area contributed by atoms with Crippen LogP contribution in [0.5, 0.6) is 0 Å². The van der Waals surface area contributed by atoms with Gasteiger partial charge in [-0.25, -0.2) is 9.67 Å². The molecule has 1 heterocycles. The fraction of sp³-hybridized carbons (Fsp3) is 0.385. The van der Waals surface area contributed by atoms with E-state index in [2.05, 4.69) is 22.3 Å². The highest BCUT2D eigenvalue weighted by Crippen LogP contribution is 2.30. The van der Waals surface area contributed by atoms with Gasteiger partial charge in [-0.2, -0.15) is 5.10 Å². The van der Waals surface area contributed by atoms with Crippen molar-refractivity contribution in [1.82, 2.24) is 20.1 Å². The Kier molecular flexibility index (Phi) is 5.24. The lowest BCUT2D eigenvalue weighted by molar-refractivity contribution is 0.667. The van der Waals surface area contributed by atoms with Crippen molar-refractivity contribution < 1.29 is 0 Å². The summed E-state index contributed by atoms with van der Waals surface area (Å²) in [6.07, 6.45) is 2.68. The topological polar surface area (TPSA) is 42.7 Å². The molecule has 1 aromatic carbocycles. The first-order chi connectivity index (χ1) is 9.20. The van der Waals surface area contributed by atoms with E-state index >= 15 is 0 Å². The SMILES string of the molecule is CCCNCc1cc(Cl)ccc1Sc1ncnn1C. The number of hydrogen-bond acceptors (Lipinski definition) is 4. The monoisotopic (exact) mass is 296 g/mol. The standard InChI is InChI=1S/C13H17ClN4S/c1-3-6-15-8-10-7-11(14)4-5-12(10)19-13-16-9-17-18(13)2/h4-5,7,9,15H,3,6,8H2,1-2H3. The highest BCUT2D eigenvalue weighted by Gasteiger charge is 2.08. The van der Waals surface area contributed by atoms with E-state index in [1.165, 1.54) is 5.56 Å². The second-order valence-electron chi connectivity index (χ2n) is 4.20. The van der Waals surface area contributed by atoms with Crippen molar-refractivity contribution in [2.24, 2.45) is 7.05 Å². The molecule has 2 aromatic rings. The summed E-state index contributed by atoms with van der Waals surface area (Å²) in [5.74, 6) is 0. The van der Waals surface area contributed by atoms with Gasteiger partial charge in [0.1, 0.15) is 6.33 Å². The van der Waals surface area contributed by atoms with Crippen molar-refractivity contribution in [2.45, 2.75) is 29.9 Å². The summed E-state index contributed by atoms with van der Waals surface area (Å²) in [5.41, 5.74) is 1.19. The maximum absolute atomic E-state index is 6.07. The summed E-state index contributed by atoms with van der Waals surface area (Å²) in [6, 6.07) is 5.94. The molecule has 4 nitrogen and oxygen atoms in total. The van der Waals surface area contributed by atoms with Crippen LogP contribution in [0.1, 0.15) is 18.9 Å². The maximum atomic E-state index is 6.07. The van der Waals surface area contributed by atoms with Gasteiger partial charge in [-0.1, -0.05) is 18.5 Å². The van der Waals surface area contributed by atoms with Gasteiger partial charge in [0.05, 0.1) is 0 Å². The summed E-state index contributed by atoms with van der Waals surface area (Å²) in [5, 5.41) is 9.11. The van der Waals surface area contributed by atoms with Crippen molar-refractivity contribution in [3.05, 3.63) is 35.1 Å². The second-order valence-corrected chi connectivity index (χ2v) is 5.64. The zero-order valence-electron chi connectivity index (χ0n) is 11.1. The Morgan fingerprint density at radius 3 is 2.95 bits per heavy atom. The number of halogens is 1. The number of benzene rings is 1. The van der Waals surface area contributed by atoms with Crippen LogP contribution in [0.3, 0.4) is 0 Å². The normalized spacial score (nSPS) is 10.9. The van der Waals surface area contributed by atoms with Crippen LogP contribution in [0, 0.1) is 0 Å². The summed E-state index contributed by atoms with van der Waals surface area (Å²) >= 11 is 7.68. The van der Waals surface area contributed by atoms with Crippen molar-refractivity contribution >= 4 is 23.4 Å². The Bertz CT molecular complexity index is 541. The van der Waals surface area contributed by atoms with Gasteiger partial charge in [-0.15, -0.1) is 0 Å². The van der Waals surface area contributed by atoms with Gasteiger partial charge in [0.15, 0.2) is 5.16 Å². The van der Waals surface area contributed by atoms with Crippen LogP contribution in [0.25, 0.3) is 0 Å². The predicted octanol–water partition coefficient (Wildman–Crippen LogP) is 3.12. The van der Waals surface area contributed by atoms with Gasteiger partial charge in [0.25, 0.3) is 0 Å². The van der Waals surface area contributed by atoms with Crippen LogP contribution >= 0.6 is 23.4 Å². The first kappa shape index (κ1) is 14.4. The van der Waals surface area contributed by atoms with E-state index in [-0.39, 0.29) is 0 Å². The molecule has 0 saturated carbocycles. The van der Waals surface area contributed by atoms with Gasteiger partial charge in [0.2, 0.25) is 0 Å². The lowest BCUT2D eigenvalue weighted by Gasteiger charge is -2.10. The lowest BCUT2D eigenvalue weighted by Crippen LogP contribution is -2.14. The third-order valence-electron chi connectivity index (χ3n) is 2.64. The van der Waals surface area contributed by atoms with E-state index in [0.717, 1.165) is 34.6 Å². The summed E-state index contributed by atoms with van der Waals surface area (Å²) in [4.78, 5) is 5.39. The molecule has 1 aromatic heterocycles. The lowest BCUT2D eigenvalue weighted by atomic mass is 10.2. The van der Waals surface area contributed by atoms with Crippen LogP contribution < -0.4 is 5.32 Å². The number of aryl methyl sites for hydroxylation is 1. The molecule has 19 heavy (non-hydrogen) atoms. The van der Waals surface area contributed by atoms with Crippen LogP contribution in [0.4, 0.5) is 0 Å². The number of nitrogens with zero attached hydrogens (tertiary/aromatic N) is 3. The molecular weight excluding hydrogens is 280 g/mol. The zero-order chi connectivity index (χ0) is 13.7. The highest BCUT2D eigenvalue weighted by atomic mass is 35.5. The average Bonchev–Trinajstić information content (AvgIpc) is 2.78. The van der Waals surface area contributed by atoms with Crippen molar-refractivity contribution in [3.63, 3.8) is 0 Å². The molecule has 0 aliphatic carbocycles. The van der Waals surface area contributed by atoms with Crippen LogP contribution in [-0.2, 0) is 13.6 Å². The van der Waals surface area contributed by atoms with Gasteiger partial charge in [0, 0.05) is 23.5 Å². The third kappa shape index (κ3) is 3.96. The molecule has 0 bridgehead atoms. The second kappa shape index (κ2) is 6.93. The van der Waals surface area contributed by atoms with Crippen molar-refractivity contribution in [2.75, 3.05) is 6.54 Å². The molecule has 6 heteroatoms. The van der Waals surface area contributed by atoms with Gasteiger partial charge < -0.3 is 5.32 Å². The van der Waals surface area contributed by atoms with Crippen molar-refractivity contribution in [3.8, 4) is 0 Å². The zero-order valence-corrected chi connectivity index (χ0v) is 12.6. The number of aromatic nitrogens is 3. The molecular formula is C13H17ClN4S. The largest absolute Gasteiger partial charge is 0.313 e. The summed E-state index contributed by atoms with van der Waals surface area (Å²) in [7, 11) is 1.89. The van der Waals surface area contributed by atoms with Crippen LogP contribution in [0.2, 0.25) is 5.02 Å². The van der Waals surface area contributed by atoms with Crippen LogP contribution in [-0.4, -0.2) is 21.3 Å². The third-order valence-corrected chi connectivity index (χ3v) is 4.04. The molecule has 0 aliphatic rings. The van der Waals surface area contributed by atoms with E-state index in [9.17, 15) is 0 Å². The molecule has 0 atom stereocenters. The Morgan fingerprint density at radius 2 is 2.26 bits per heavy atom. The number of rotatable bonds is 6. The van der Waals surface area contributed by atoms with Gasteiger partial charge in [-0.3, -0.25) is 0 Å². The molecule has 0 saturated heterocycles. The van der Waals surface area contributed by atoms with E-state index in [4.69, 9.17) is 11.6 Å². The minimum atomic E-state index is 0.760. The quantitative estimate of drug-likeness (QED) is 0.832. The molecule has 0 amide bonds. The highest BCUT2D eigenvalue weighted by molar-refractivity contribution is 7.99. The smallest absolute Gasteiger partial charge is 0.190 e. The van der Waals surface area contributed by atoms with E-state index in [0.29, 0.717) is 0 Å². The Balaban J connectivity index is 2.16. The fourth-order valence-electron chi connectivity index (χ4n) is 1.66. The Morgan fingerprint density at radius 1 is 1.42 bits per heavy atom. The van der Waals surface area contributed by atoms with E-state index in [1.54, 1.807) is 22.8 Å². The predicted molar refractivity (Wildman–Crippen MR) is 78.6 cm³/mol. The molecule has 2 rings (SSSR count). The van der Waals surface area contributed by atoms with Gasteiger partial charge in [-0.05, 0) is 48.5 Å². The van der Waals surface area contributed by atoms with Gasteiger partial charge >= 0.3 is 0 Å². The Labute approximate surface area is 122 Å². The van der Waals surface area contributed by atoms with Crippen LogP contribution in [0.15, 0.2) is 34.6 Å².